The third-order valence-electron chi connectivity index (χ3n) is 6.54. The van der Waals surface area contributed by atoms with Crippen molar-refractivity contribution in [3.8, 4) is 28.7 Å². The van der Waals surface area contributed by atoms with Gasteiger partial charge in [0, 0.05) is 11.1 Å². The number of rotatable bonds is 1. The van der Waals surface area contributed by atoms with Crippen molar-refractivity contribution < 1.29 is 29.2 Å². The van der Waals surface area contributed by atoms with Gasteiger partial charge >= 0.3 is 0 Å². The zero-order valence-electron chi connectivity index (χ0n) is 18.4. The molecule has 0 saturated heterocycles. The Morgan fingerprint density at radius 2 is 1.48 bits per heavy atom. The van der Waals surface area contributed by atoms with E-state index in [0.717, 1.165) is 42.6 Å². The first-order chi connectivity index (χ1) is 14.5. The van der Waals surface area contributed by atoms with Crippen LogP contribution in [-0.4, -0.2) is 27.2 Å². The highest BCUT2D eigenvalue weighted by molar-refractivity contribution is 6.04. The number of fused-ring (bicyclic) bond motifs is 6. The Kier molecular flexibility index (Phi) is 4.24. The summed E-state index contributed by atoms with van der Waals surface area (Å²) in [5, 5.41) is 19.6. The van der Waals surface area contributed by atoms with Gasteiger partial charge in [-0.1, -0.05) is 6.07 Å². The van der Waals surface area contributed by atoms with E-state index in [9.17, 15) is 15.0 Å². The van der Waals surface area contributed by atoms with E-state index in [1.807, 2.05) is 13.8 Å². The second-order valence-electron chi connectivity index (χ2n) is 10.0. The van der Waals surface area contributed by atoms with Crippen LogP contribution in [0.15, 0.2) is 18.2 Å². The van der Waals surface area contributed by atoms with Gasteiger partial charge < -0.3 is 24.4 Å². The SMILES string of the molecule is CC1(C)CCc2c(c3c(c4c2O[C@H](c2ccc(O)c(O)c2)CC4=O)OC(C)(C)CC3)O1. The molecule has 5 rings (SSSR count). The van der Waals surface area contributed by atoms with Gasteiger partial charge in [-0.2, -0.15) is 0 Å². The summed E-state index contributed by atoms with van der Waals surface area (Å²) in [4.78, 5) is 13.4. The fourth-order valence-electron chi connectivity index (χ4n) is 4.75. The topological polar surface area (TPSA) is 85.2 Å². The molecule has 0 aromatic heterocycles. The molecule has 0 spiro atoms. The first-order valence-corrected chi connectivity index (χ1v) is 10.9. The number of ketones is 1. The highest BCUT2D eigenvalue weighted by atomic mass is 16.5. The predicted molar refractivity (Wildman–Crippen MR) is 115 cm³/mol. The molecule has 0 unspecified atom stereocenters. The molecule has 2 N–H and O–H groups in total. The summed E-state index contributed by atoms with van der Waals surface area (Å²) in [6.07, 6.45) is 2.79. The molecule has 164 valence electrons. The molecule has 0 saturated carbocycles. The summed E-state index contributed by atoms with van der Waals surface area (Å²) >= 11 is 0. The fourth-order valence-corrected chi connectivity index (χ4v) is 4.75. The number of ether oxygens (including phenoxy) is 3. The molecule has 2 aromatic rings. The van der Waals surface area contributed by atoms with E-state index in [0.29, 0.717) is 22.6 Å². The molecule has 6 heteroatoms. The van der Waals surface area contributed by atoms with Gasteiger partial charge in [-0.15, -0.1) is 0 Å². The maximum absolute atomic E-state index is 13.4. The van der Waals surface area contributed by atoms with Crippen molar-refractivity contribution in [1.82, 2.24) is 0 Å². The highest BCUT2D eigenvalue weighted by Crippen LogP contribution is 2.54. The van der Waals surface area contributed by atoms with Gasteiger partial charge in [0.1, 0.15) is 40.1 Å². The van der Waals surface area contributed by atoms with E-state index in [1.165, 1.54) is 12.1 Å². The number of aromatic hydroxyl groups is 2. The molecule has 1 atom stereocenters. The lowest BCUT2D eigenvalue weighted by Crippen LogP contribution is -2.38. The molecule has 3 aliphatic heterocycles. The van der Waals surface area contributed by atoms with Crippen molar-refractivity contribution in [2.45, 2.75) is 77.1 Å². The molecule has 0 radical (unpaired) electrons. The Morgan fingerprint density at radius 3 is 2.13 bits per heavy atom. The zero-order chi connectivity index (χ0) is 22.1. The molecular weight excluding hydrogens is 396 g/mol. The number of hydrogen-bond acceptors (Lipinski definition) is 6. The molecular formula is C25H28O6. The Labute approximate surface area is 181 Å². The van der Waals surface area contributed by atoms with E-state index in [4.69, 9.17) is 14.2 Å². The number of phenolic OH excluding ortho intramolecular Hbond substituents is 2. The molecule has 2 aromatic carbocycles. The maximum Gasteiger partial charge on any atom is 0.174 e. The van der Waals surface area contributed by atoms with E-state index in [1.54, 1.807) is 6.07 Å². The molecule has 6 nitrogen and oxygen atoms in total. The van der Waals surface area contributed by atoms with Crippen LogP contribution in [0.3, 0.4) is 0 Å². The second-order valence-corrected chi connectivity index (χ2v) is 10.0. The lowest BCUT2D eigenvalue weighted by atomic mass is 9.83. The molecule has 3 aliphatic rings. The van der Waals surface area contributed by atoms with Crippen molar-refractivity contribution in [2.24, 2.45) is 0 Å². The Bertz CT molecular complexity index is 1100. The van der Waals surface area contributed by atoms with Crippen LogP contribution >= 0.6 is 0 Å². The summed E-state index contributed by atoms with van der Waals surface area (Å²) in [6.45, 7) is 8.21. The highest BCUT2D eigenvalue weighted by Gasteiger charge is 2.43. The van der Waals surface area contributed by atoms with Crippen molar-refractivity contribution in [3.05, 3.63) is 40.5 Å². The van der Waals surface area contributed by atoms with Crippen LogP contribution in [0.1, 0.15) is 80.1 Å². The van der Waals surface area contributed by atoms with E-state index in [2.05, 4.69) is 13.8 Å². The van der Waals surface area contributed by atoms with Crippen LogP contribution in [0.4, 0.5) is 0 Å². The summed E-state index contributed by atoms with van der Waals surface area (Å²) in [7, 11) is 0. The predicted octanol–water partition coefficient (Wildman–Crippen LogP) is 5.01. The molecule has 0 amide bonds. The van der Waals surface area contributed by atoms with Crippen molar-refractivity contribution in [2.75, 3.05) is 0 Å². The van der Waals surface area contributed by atoms with Crippen molar-refractivity contribution in [1.29, 1.82) is 0 Å². The third-order valence-corrected chi connectivity index (χ3v) is 6.54. The molecule has 3 heterocycles. The molecule has 0 aliphatic carbocycles. The number of carbonyl (C=O) groups excluding carboxylic acids is 1. The normalized spacial score (nSPS) is 22.8. The zero-order valence-corrected chi connectivity index (χ0v) is 18.4. The molecule has 31 heavy (non-hydrogen) atoms. The minimum absolute atomic E-state index is 0.0413. The summed E-state index contributed by atoms with van der Waals surface area (Å²) in [5.41, 5.74) is 2.38. The lowest BCUT2D eigenvalue weighted by Gasteiger charge is -2.41. The van der Waals surface area contributed by atoms with Gasteiger partial charge in [-0.05, 0) is 71.1 Å². The smallest absolute Gasteiger partial charge is 0.174 e. The van der Waals surface area contributed by atoms with E-state index < -0.39 is 6.10 Å². The van der Waals surface area contributed by atoms with Crippen LogP contribution in [0.5, 0.6) is 28.7 Å². The summed E-state index contributed by atoms with van der Waals surface area (Å²) in [5.74, 6) is 1.45. The third kappa shape index (κ3) is 3.29. The summed E-state index contributed by atoms with van der Waals surface area (Å²) < 4.78 is 19.2. The van der Waals surface area contributed by atoms with Crippen molar-refractivity contribution >= 4 is 5.78 Å². The van der Waals surface area contributed by atoms with Crippen LogP contribution < -0.4 is 14.2 Å². The first-order valence-electron chi connectivity index (χ1n) is 10.9. The van der Waals surface area contributed by atoms with E-state index in [-0.39, 0.29) is 34.9 Å². The minimum Gasteiger partial charge on any atom is -0.504 e. The number of Topliss-reactive ketones (excluding diaryl/α,β-unsaturated/α-hetero) is 1. The van der Waals surface area contributed by atoms with E-state index >= 15 is 0 Å². The monoisotopic (exact) mass is 424 g/mol. The number of hydrogen-bond donors (Lipinski definition) is 2. The molecule has 0 fully saturated rings. The number of carbonyl (C=O) groups is 1. The standard InChI is InChI=1S/C25H28O6/c1-24(2)9-7-14-21(30-24)15-8-10-25(3,4)31-23(15)20-18(28)12-19(29-22(14)20)13-5-6-16(26)17(27)11-13/h5-6,11,19,26-27H,7-10,12H2,1-4H3/t19-/m0/s1. The fraction of sp³-hybridized carbons (Fsp3) is 0.480. The first kappa shape index (κ1) is 20.0. The lowest BCUT2D eigenvalue weighted by molar-refractivity contribution is 0.0582. The minimum atomic E-state index is -0.555. The largest absolute Gasteiger partial charge is 0.504 e. The van der Waals surface area contributed by atoms with Crippen LogP contribution in [0.25, 0.3) is 0 Å². The van der Waals surface area contributed by atoms with Crippen LogP contribution in [0.2, 0.25) is 0 Å². The summed E-state index contributed by atoms with van der Waals surface area (Å²) in [6, 6.07) is 4.53. The molecule has 0 bridgehead atoms. The van der Waals surface area contributed by atoms with Gasteiger partial charge in [-0.3, -0.25) is 4.79 Å². The quantitative estimate of drug-likeness (QED) is 0.626. The average molecular weight is 424 g/mol. The van der Waals surface area contributed by atoms with Gasteiger partial charge in [0.05, 0.1) is 6.42 Å². The second kappa shape index (κ2) is 6.55. The van der Waals surface area contributed by atoms with Crippen molar-refractivity contribution in [3.63, 3.8) is 0 Å². The van der Waals surface area contributed by atoms with Gasteiger partial charge in [0.15, 0.2) is 17.3 Å². The maximum atomic E-state index is 13.4. The van der Waals surface area contributed by atoms with Gasteiger partial charge in [-0.25, -0.2) is 0 Å². The Hall–Kier alpha value is -2.89. The Morgan fingerprint density at radius 1 is 0.871 bits per heavy atom. The van der Waals surface area contributed by atoms with Crippen LogP contribution in [0, 0.1) is 0 Å². The van der Waals surface area contributed by atoms with Gasteiger partial charge in [0.2, 0.25) is 0 Å². The van der Waals surface area contributed by atoms with Gasteiger partial charge in [0.25, 0.3) is 0 Å². The number of phenols is 2. The van der Waals surface area contributed by atoms with Crippen LogP contribution in [-0.2, 0) is 12.8 Å². The number of benzene rings is 2. The Balaban J connectivity index is 1.67. The average Bonchev–Trinajstić information content (AvgIpc) is 2.68.